The van der Waals surface area contributed by atoms with E-state index in [0.29, 0.717) is 22.5 Å². The largest absolute Gasteiger partial charge is 0.398 e. The zero-order chi connectivity index (χ0) is 15.6. The summed E-state index contributed by atoms with van der Waals surface area (Å²) in [6.07, 6.45) is 2.95. The Morgan fingerprint density at radius 2 is 1.95 bits per heavy atom. The molecular weight excluding hydrogens is 288 g/mol. The first kappa shape index (κ1) is 15.4. The molecule has 7 heteroatoms. The van der Waals surface area contributed by atoms with E-state index in [-0.39, 0.29) is 11.4 Å². The van der Waals surface area contributed by atoms with Crippen molar-refractivity contribution in [3.05, 3.63) is 47.0 Å². The SMILES string of the molecule is Cc1cc(C)c(S(=O)(=O)NCc2ccncn2)c(C)c1N. The Hall–Kier alpha value is -1.99. The lowest BCUT2D eigenvalue weighted by atomic mass is 10.1. The molecule has 0 amide bonds. The molecule has 0 saturated carbocycles. The number of rotatable bonds is 4. The van der Waals surface area contributed by atoms with Gasteiger partial charge in [0.25, 0.3) is 0 Å². The summed E-state index contributed by atoms with van der Waals surface area (Å²) in [6.45, 7) is 5.45. The zero-order valence-corrected chi connectivity index (χ0v) is 13.0. The predicted molar refractivity (Wildman–Crippen MR) is 81.1 cm³/mol. The summed E-state index contributed by atoms with van der Waals surface area (Å²) in [5.74, 6) is 0. The maximum Gasteiger partial charge on any atom is 0.241 e. The monoisotopic (exact) mass is 306 g/mol. The van der Waals surface area contributed by atoms with E-state index in [1.165, 1.54) is 6.33 Å². The van der Waals surface area contributed by atoms with E-state index in [0.717, 1.165) is 5.56 Å². The highest BCUT2D eigenvalue weighted by Gasteiger charge is 2.21. The topological polar surface area (TPSA) is 98.0 Å². The van der Waals surface area contributed by atoms with Crippen molar-refractivity contribution in [2.75, 3.05) is 5.73 Å². The third-order valence-corrected chi connectivity index (χ3v) is 5.01. The highest BCUT2D eigenvalue weighted by atomic mass is 32.2. The molecule has 0 radical (unpaired) electrons. The van der Waals surface area contributed by atoms with E-state index in [2.05, 4.69) is 14.7 Å². The van der Waals surface area contributed by atoms with Crippen LogP contribution in [0.25, 0.3) is 0 Å². The summed E-state index contributed by atoms with van der Waals surface area (Å²) in [6, 6.07) is 3.44. The molecule has 0 spiro atoms. The summed E-state index contributed by atoms with van der Waals surface area (Å²) in [4.78, 5) is 8.02. The summed E-state index contributed by atoms with van der Waals surface area (Å²) < 4.78 is 27.5. The highest BCUT2D eigenvalue weighted by molar-refractivity contribution is 7.89. The molecule has 112 valence electrons. The van der Waals surface area contributed by atoms with Crippen LogP contribution in [-0.4, -0.2) is 18.4 Å². The molecule has 2 rings (SSSR count). The lowest BCUT2D eigenvalue weighted by Crippen LogP contribution is -2.25. The van der Waals surface area contributed by atoms with E-state index in [1.807, 2.05) is 6.92 Å². The van der Waals surface area contributed by atoms with E-state index in [1.54, 1.807) is 32.2 Å². The molecule has 21 heavy (non-hydrogen) atoms. The number of benzene rings is 1. The first-order valence-corrected chi connectivity index (χ1v) is 7.92. The van der Waals surface area contributed by atoms with Crippen LogP contribution in [0.4, 0.5) is 5.69 Å². The molecule has 2 aromatic rings. The van der Waals surface area contributed by atoms with Crippen LogP contribution < -0.4 is 10.5 Å². The quantitative estimate of drug-likeness (QED) is 0.833. The third kappa shape index (κ3) is 3.20. The number of nitrogen functional groups attached to an aromatic ring is 1. The van der Waals surface area contributed by atoms with Crippen LogP contribution >= 0.6 is 0 Å². The van der Waals surface area contributed by atoms with Crippen LogP contribution in [-0.2, 0) is 16.6 Å². The first-order valence-electron chi connectivity index (χ1n) is 6.43. The standard InChI is InChI=1S/C14H18N4O2S/c1-9-6-10(2)14(11(3)13(9)15)21(19,20)18-7-12-4-5-16-8-17-12/h4-6,8,18H,7,15H2,1-3H3. The van der Waals surface area contributed by atoms with Crippen molar-refractivity contribution in [3.63, 3.8) is 0 Å². The fraction of sp³-hybridized carbons (Fsp3) is 0.286. The molecule has 0 aliphatic heterocycles. The summed E-state index contributed by atoms with van der Waals surface area (Å²) in [7, 11) is -3.65. The highest BCUT2D eigenvalue weighted by Crippen LogP contribution is 2.27. The second kappa shape index (κ2) is 5.79. The summed E-state index contributed by atoms with van der Waals surface area (Å²) in [5.41, 5.74) is 9.17. The van der Waals surface area contributed by atoms with Crippen LogP contribution in [0, 0.1) is 20.8 Å². The lowest BCUT2D eigenvalue weighted by molar-refractivity contribution is 0.579. The molecule has 0 fully saturated rings. The van der Waals surface area contributed by atoms with Crippen LogP contribution in [0.15, 0.2) is 29.6 Å². The van der Waals surface area contributed by atoms with Crippen molar-refractivity contribution in [1.82, 2.24) is 14.7 Å². The van der Waals surface area contributed by atoms with Crippen molar-refractivity contribution < 1.29 is 8.42 Å². The van der Waals surface area contributed by atoms with Gasteiger partial charge >= 0.3 is 0 Å². The van der Waals surface area contributed by atoms with Gasteiger partial charge in [-0.2, -0.15) is 0 Å². The Bertz CT molecular complexity index is 758. The fourth-order valence-corrected chi connectivity index (χ4v) is 3.74. The van der Waals surface area contributed by atoms with E-state index in [4.69, 9.17) is 5.73 Å². The molecule has 3 N–H and O–H groups in total. The zero-order valence-electron chi connectivity index (χ0n) is 12.2. The number of aromatic nitrogens is 2. The number of nitrogens with one attached hydrogen (secondary N) is 1. The van der Waals surface area contributed by atoms with E-state index < -0.39 is 10.0 Å². The third-order valence-electron chi connectivity index (χ3n) is 3.32. The summed E-state index contributed by atoms with van der Waals surface area (Å²) in [5, 5.41) is 0. The Balaban J connectivity index is 2.35. The number of aryl methyl sites for hydroxylation is 2. The minimum atomic E-state index is -3.65. The van der Waals surface area contributed by atoms with Crippen LogP contribution in [0.1, 0.15) is 22.4 Å². The Kier molecular flexibility index (Phi) is 4.24. The van der Waals surface area contributed by atoms with Gasteiger partial charge in [-0.25, -0.2) is 23.1 Å². The number of sulfonamides is 1. The van der Waals surface area contributed by atoms with Crippen LogP contribution in [0.3, 0.4) is 0 Å². The second-order valence-electron chi connectivity index (χ2n) is 4.90. The number of hydrogen-bond donors (Lipinski definition) is 2. The second-order valence-corrected chi connectivity index (χ2v) is 6.61. The van der Waals surface area contributed by atoms with Gasteiger partial charge < -0.3 is 5.73 Å². The van der Waals surface area contributed by atoms with Crippen LogP contribution in [0.5, 0.6) is 0 Å². The molecule has 1 aromatic heterocycles. The molecule has 0 unspecified atom stereocenters. The number of nitrogens with zero attached hydrogens (tertiary/aromatic N) is 2. The van der Waals surface area contributed by atoms with Gasteiger partial charge in [0.2, 0.25) is 10.0 Å². The average molecular weight is 306 g/mol. The van der Waals surface area contributed by atoms with Gasteiger partial charge in [0.1, 0.15) is 6.33 Å². The van der Waals surface area contributed by atoms with Crippen molar-refractivity contribution in [2.45, 2.75) is 32.2 Å². The average Bonchev–Trinajstić information content (AvgIpc) is 2.44. The van der Waals surface area contributed by atoms with Gasteiger partial charge in [0.15, 0.2) is 0 Å². The van der Waals surface area contributed by atoms with Crippen molar-refractivity contribution in [1.29, 1.82) is 0 Å². The van der Waals surface area contributed by atoms with Gasteiger partial charge in [0, 0.05) is 11.9 Å². The fourth-order valence-electron chi connectivity index (χ4n) is 2.26. The van der Waals surface area contributed by atoms with Crippen LogP contribution in [0.2, 0.25) is 0 Å². The lowest BCUT2D eigenvalue weighted by Gasteiger charge is -2.15. The number of hydrogen-bond acceptors (Lipinski definition) is 5. The smallest absolute Gasteiger partial charge is 0.241 e. The molecular formula is C14H18N4O2S. The normalized spacial score (nSPS) is 11.6. The molecule has 0 aliphatic rings. The minimum absolute atomic E-state index is 0.109. The van der Waals surface area contributed by atoms with Gasteiger partial charge in [-0.1, -0.05) is 6.07 Å². The molecule has 0 bridgehead atoms. The van der Waals surface area contributed by atoms with Gasteiger partial charge in [-0.05, 0) is 43.5 Å². The van der Waals surface area contributed by atoms with Crippen molar-refractivity contribution in [2.24, 2.45) is 0 Å². The molecule has 1 heterocycles. The first-order chi connectivity index (χ1) is 9.83. The molecule has 0 aliphatic carbocycles. The molecule has 0 saturated heterocycles. The summed E-state index contributed by atoms with van der Waals surface area (Å²) >= 11 is 0. The Morgan fingerprint density at radius 3 is 2.57 bits per heavy atom. The van der Waals surface area contributed by atoms with E-state index in [9.17, 15) is 8.42 Å². The van der Waals surface area contributed by atoms with Gasteiger partial charge in [0.05, 0.1) is 17.1 Å². The predicted octanol–water partition coefficient (Wildman–Crippen LogP) is 1.46. The Labute approximate surface area is 124 Å². The minimum Gasteiger partial charge on any atom is -0.398 e. The van der Waals surface area contributed by atoms with Crippen molar-refractivity contribution in [3.8, 4) is 0 Å². The maximum absolute atomic E-state index is 12.5. The molecule has 0 atom stereocenters. The maximum atomic E-state index is 12.5. The van der Waals surface area contributed by atoms with Gasteiger partial charge in [-0.15, -0.1) is 0 Å². The van der Waals surface area contributed by atoms with Crippen molar-refractivity contribution >= 4 is 15.7 Å². The number of nitrogens with two attached hydrogens (primary N) is 1. The molecule has 1 aromatic carbocycles. The molecule has 6 nitrogen and oxygen atoms in total. The Morgan fingerprint density at radius 1 is 1.24 bits per heavy atom. The van der Waals surface area contributed by atoms with Gasteiger partial charge in [-0.3, -0.25) is 0 Å². The number of anilines is 1. The van der Waals surface area contributed by atoms with E-state index >= 15 is 0 Å².